The fourth-order valence-electron chi connectivity index (χ4n) is 2.19. The molecule has 0 radical (unpaired) electrons. The standard InChI is InChI=1S/C13H15N3O2S.C2HF3O2/c1-8-7-12(16-18-8)15-13(17)11-5-4-10(19-11)9-3-2-6-14-9;3-2(4,5)1(6)7/h4-5,7,9,14H,2-3,6H2,1H3,(H,15,16,17);(H,6,7). The molecule has 0 saturated carbocycles. The monoisotopic (exact) mass is 391 g/mol. The Balaban J connectivity index is 0.000000298. The van der Waals surface area contributed by atoms with Crippen LogP contribution in [0.3, 0.4) is 0 Å². The molecule has 3 heterocycles. The van der Waals surface area contributed by atoms with Crippen LogP contribution in [0.25, 0.3) is 0 Å². The van der Waals surface area contributed by atoms with Gasteiger partial charge in [-0.25, -0.2) is 4.79 Å². The number of hydrogen-bond acceptors (Lipinski definition) is 6. The van der Waals surface area contributed by atoms with Crippen molar-refractivity contribution in [2.75, 3.05) is 11.9 Å². The topological polar surface area (TPSA) is 104 Å². The molecule has 7 nitrogen and oxygen atoms in total. The van der Waals surface area contributed by atoms with E-state index in [0.29, 0.717) is 22.5 Å². The maximum Gasteiger partial charge on any atom is 0.490 e. The normalized spacial score (nSPS) is 16.7. The van der Waals surface area contributed by atoms with Gasteiger partial charge in [-0.05, 0) is 38.4 Å². The first-order valence-electron chi connectivity index (χ1n) is 7.54. The van der Waals surface area contributed by atoms with Gasteiger partial charge in [-0.3, -0.25) is 4.79 Å². The summed E-state index contributed by atoms with van der Waals surface area (Å²) in [6, 6.07) is 5.99. The van der Waals surface area contributed by atoms with E-state index in [1.54, 1.807) is 13.0 Å². The number of aromatic nitrogens is 1. The predicted molar refractivity (Wildman–Crippen MR) is 87.2 cm³/mol. The molecule has 142 valence electrons. The first-order valence-corrected chi connectivity index (χ1v) is 8.36. The molecule has 0 bridgehead atoms. The van der Waals surface area contributed by atoms with Gasteiger partial charge in [0.15, 0.2) is 5.82 Å². The molecule has 1 amide bonds. The third-order valence-electron chi connectivity index (χ3n) is 3.37. The summed E-state index contributed by atoms with van der Waals surface area (Å²) >= 11 is 1.53. The summed E-state index contributed by atoms with van der Waals surface area (Å²) in [6.45, 7) is 2.85. The summed E-state index contributed by atoms with van der Waals surface area (Å²) in [5, 5.41) is 17.0. The average Bonchev–Trinajstić information content (AvgIpc) is 3.27. The molecular formula is C15H16F3N3O4S. The minimum absolute atomic E-state index is 0.137. The Morgan fingerprint density at radius 2 is 2.12 bits per heavy atom. The van der Waals surface area contributed by atoms with Gasteiger partial charge in [0.05, 0.1) is 4.88 Å². The van der Waals surface area contributed by atoms with Gasteiger partial charge in [0.25, 0.3) is 5.91 Å². The number of carbonyl (C=O) groups is 2. The molecule has 2 aromatic rings. The van der Waals surface area contributed by atoms with Crippen LogP contribution in [0.2, 0.25) is 0 Å². The Morgan fingerprint density at radius 1 is 1.42 bits per heavy atom. The highest BCUT2D eigenvalue weighted by Crippen LogP contribution is 2.29. The van der Waals surface area contributed by atoms with Crippen LogP contribution in [0, 0.1) is 6.92 Å². The van der Waals surface area contributed by atoms with Crippen LogP contribution in [0.1, 0.15) is 39.2 Å². The number of aryl methyl sites for hydroxylation is 1. The first-order chi connectivity index (χ1) is 12.2. The number of aliphatic carboxylic acids is 1. The van der Waals surface area contributed by atoms with Crippen LogP contribution in [0.4, 0.5) is 19.0 Å². The quantitative estimate of drug-likeness (QED) is 0.741. The maximum atomic E-state index is 12.0. The Morgan fingerprint density at radius 3 is 2.62 bits per heavy atom. The fourth-order valence-corrected chi connectivity index (χ4v) is 3.21. The molecule has 1 aliphatic heterocycles. The smallest absolute Gasteiger partial charge is 0.475 e. The van der Waals surface area contributed by atoms with Crippen molar-refractivity contribution in [3.05, 3.63) is 33.7 Å². The number of nitrogens with one attached hydrogen (secondary N) is 2. The lowest BCUT2D eigenvalue weighted by molar-refractivity contribution is -0.192. The highest BCUT2D eigenvalue weighted by Gasteiger charge is 2.38. The van der Waals surface area contributed by atoms with E-state index in [-0.39, 0.29) is 5.91 Å². The van der Waals surface area contributed by atoms with Crippen LogP contribution < -0.4 is 10.6 Å². The number of carbonyl (C=O) groups excluding carboxylic acids is 1. The number of carboxylic acid groups (broad SMARTS) is 1. The molecule has 2 aromatic heterocycles. The van der Waals surface area contributed by atoms with Crippen molar-refractivity contribution in [1.82, 2.24) is 10.5 Å². The van der Waals surface area contributed by atoms with Crippen LogP contribution in [0.15, 0.2) is 22.7 Å². The largest absolute Gasteiger partial charge is 0.490 e. The van der Waals surface area contributed by atoms with Gasteiger partial charge in [0.2, 0.25) is 0 Å². The number of nitrogens with zero attached hydrogens (tertiary/aromatic N) is 1. The van der Waals surface area contributed by atoms with Gasteiger partial charge >= 0.3 is 12.1 Å². The number of alkyl halides is 3. The fraction of sp³-hybridized carbons (Fsp3) is 0.400. The predicted octanol–water partition coefficient (Wildman–Crippen LogP) is 3.35. The van der Waals surface area contributed by atoms with Gasteiger partial charge in [-0.1, -0.05) is 5.16 Å². The van der Waals surface area contributed by atoms with Crippen LogP contribution in [-0.2, 0) is 4.79 Å². The van der Waals surface area contributed by atoms with E-state index in [4.69, 9.17) is 14.4 Å². The Bertz CT molecular complexity index is 766. The van der Waals surface area contributed by atoms with Crippen molar-refractivity contribution in [2.45, 2.75) is 32.0 Å². The lowest BCUT2D eigenvalue weighted by Crippen LogP contribution is -2.21. The van der Waals surface area contributed by atoms with Crippen molar-refractivity contribution in [2.24, 2.45) is 0 Å². The molecule has 1 aliphatic rings. The minimum atomic E-state index is -5.08. The third-order valence-corrected chi connectivity index (χ3v) is 4.56. The highest BCUT2D eigenvalue weighted by atomic mass is 32.1. The summed E-state index contributed by atoms with van der Waals surface area (Å²) in [4.78, 5) is 22.9. The number of thiophene rings is 1. The summed E-state index contributed by atoms with van der Waals surface area (Å²) < 4.78 is 36.7. The number of amides is 1. The van der Waals surface area contributed by atoms with Gasteiger partial charge in [0, 0.05) is 17.0 Å². The molecule has 1 atom stereocenters. The minimum Gasteiger partial charge on any atom is -0.475 e. The van der Waals surface area contributed by atoms with Crippen LogP contribution in [-0.4, -0.2) is 34.9 Å². The van der Waals surface area contributed by atoms with Crippen molar-refractivity contribution in [3.63, 3.8) is 0 Å². The van der Waals surface area contributed by atoms with E-state index in [0.717, 1.165) is 13.0 Å². The molecule has 0 aromatic carbocycles. The summed E-state index contributed by atoms with van der Waals surface area (Å²) in [6.07, 6.45) is -2.74. The molecule has 11 heteroatoms. The average molecular weight is 391 g/mol. The Kier molecular flexibility index (Phi) is 6.37. The number of carboxylic acids is 1. The molecule has 1 fully saturated rings. The molecule has 1 unspecified atom stereocenters. The summed E-state index contributed by atoms with van der Waals surface area (Å²) in [5.41, 5.74) is 0. The number of hydrogen-bond donors (Lipinski definition) is 3. The zero-order chi connectivity index (χ0) is 19.3. The van der Waals surface area contributed by atoms with E-state index < -0.39 is 12.1 Å². The molecule has 0 spiro atoms. The van der Waals surface area contributed by atoms with E-state index in [1.165, 1.54) is 22.6 Å². The van der Waals surface area contributed by atoms with Crippen molar-refractivity contribution in [3.8, 4) is 0 Å². The van der Waals surface area contributed by atoms with Gasteiger partial charge in [-0.15, -0.1) is 11.3 Å². The Labute approximate surface area is 150 Å². The van der Waals surface area contributed by atoms with Crippen molar-refractivity contribution < 1.29 is 32.4 Å². The van der Waals surface area contributed by atoms with Crippen molar-refractivity contribution in [1.29, 1.82) is 0 Å². The van der Waals surface area contributed by atoms with Crippen LogP contribution in [0.5, 0.6) is 0 Å². The van der Waals surface area contributed by atoms with E-state index in [1.807, 2.05) is 12.1 Å². The molecule has 3 N–H and O–H groups in total. The Hall–Kier alpha value is -2.40. The van der Waals surface area contributed by atoms with E-state index in [2.05, 4.69) is 15.8 Å². The summed E-state index contributed by atoms with van der Waals surface area (Å²) in [5.74, 6) is -1.76. The highest BCUT2D eigenvalue weighted by molar-refractivity contribution is 7.14. The zero-order valence-electron chi connectivity index (χ0n) is 13.6. The van der Waals surface area contributed by atoms with Crippen LogP contribution >= 0.6 is 11.3 Å². The van der Waals surface area contributed by atoms with Gasteiger partial charge in [-0.2, -0.15) is 13.2 Å². The molecular weight excluding hydrogens is 375 g/mol. The summed E-state index contributed by atoms with van der Waals surface area (Å²) in [7, 11) is 0. The zero-order valence-corrected chi connectivity index (χ0v) is 14.4. The van der Waals surface area contributed by atoms with Gasteiger partial charge < -0.3 is 20.3 Å². The molecule has 26 heavy (non-hydrogen) atoms. The number of halogens is 3. The third kappa shape index (κ3) is 5.56. The van der Waals surface area contributed by atoms with E-state index >= 15 is 0 Å². The second-order valence-electron chi connectivity index (χ2n) is 5.43. The first kappa shape index (κ1) is 19.9. The molecule has 0 aliphatic carbocycles. The van der Waals surface area contributed by atoms with Crippen molar-refractivity contribution >= 4 is 29.0 Å². The van der Waals surface area contributed by atoms with E-state index in [9.17, 15) is 18.0 Å². The number of rotatable bonds is 3. The lowest BCUT2D eigenvalue weighted by atomic mass is 10.2. The second-order valence-corrected chi connectivity index (χ2v) is 6.55. The lowest BCUT2D eigenvalue weighted by Gasteiger charge is -2.05. The molecule has 3 rings (SSSR count). The maximum absolute atomic E-state index is 12.0. The second kappa shape index (κ2) is 8.32. The van der Waals surface area contributed by atoms with Gasteiger partial charge in [0.1, 0.15) is 5.76 Å². The molecule has 1 saturated heterocycles. The SMILES string of the molecule is Cc1cc(NC(=O)c2ccc(C3CCCN3)s2)no1.O=C(O)C(F)(F)F. The number of anilines is 1.